The molecule has 0 N–H and O–H groups in total. The maximum Gasteiger partial charge on any atom is 0.139 e. The van der Waals surface area contributed by atoms with Crippen LogP contribution in [0.3, 0.4) is 0 Å². The summed E-state index contributed by atoms with van der Waals surface area (Å²) in [5.41, 5.74) is 20.2. The topological polar surface area (TPSA) is 16.4 Å². The average Bonchev–Trinajstić information content (AvgIpc) is 3.69. The smallest absolute Gasteiger partial charge is 0.139 e. The molecule has 2 heteroatoms. The van der Waals surface area contributed by atoms with E-state index >= 15 is 0 Å². The lowest BCUT2D eigenvalue weighted by Gasteiger charge is -2.29. The Morgan fingerprint density at radius 2 is 0.857 bits per heavy atom. The predicted octanol–water partition coefficient (Wildman–Crippen LogP) is 15.6. The minimum Gasteiger partial charge on any atom is -0.456 e. The normalized spacial score (nSPS) is 15.5. The Kier molecular flexibility index (Phi) is 7.66. The van der Waals surface area contributed by atoms with Crippen molar-refractivity contribution in [1.29, 1.82) is 0 Å². The molecule has 6 aromatic carbocycles. The van der Waals surface area contributed by atoms with Crippen LogP contribution in [0.4, 0.5) is 17.1 Å². The van der Waals surface area contributed by atoms with Crippen LogP contribution in [0.15, 0.2) is 114 Å². The Balaban J connectivity index is 1.28. The first-order chi connectivity index (χ1) is 26.2. The van der Waals surface area contributed by atoms with Gasteiger partial charge in [-0.3, -0.25) is 0 Å². The summed E-state index contributed by atoms with van der Waals surface area (Å²) >= 11 is 0. The van der Waals surface area contributed by atoms with Crippen LogP contribution in [0.2, 0.25) is 0 Å². The van der Waals surface area contributed by atoms with Crippen LogP contribution in [0, 0.1) is 0 Å². The van der Waals surface area contributed by atoms with Crippen molar-refractivity contribution in [1.82, 2.24) is 0 Å². The number of anilines is 3. The first-order valence-electron chi connectivity index (χ1n) is 20.5. The summed E-state index contributed by atoms with van der Waals surface area (Å²) in [7, 11) is 0. The number of furan rings is 1. The molecule has 284 valence electrons. The summed E-state index contributed by atoms with van der Waals surface area (Å²) in [6.07, 6.45) is 0. The monoisotopic (exact) mass is 735 g/mol. The number of nitrogens with zero attached hydrogens (tertiary/aromatic N) is 1. The van der Waals surface area contributed by atoms with Gasteiger partial charge in [0.15, 0.2) is 0 Å². The van der Waals surface area contributed by atoms with Crippen molar-refractivity contribution in [3.8, 4) is 22.3 Å². The maximum atomic E-state index is 6.66. The molecule has 0 spiro atoms. The Morgan fingerprint density at radius 3 is 1.34 bits per heavy atom. The highest BCUT2D eigenvalue weighted by molar-refractivity contribution is 6.08. The second-order valence-electron chi connectivity index (χ2n) is 20.7. The second-order valence-corrected chi connectivity index (χ2v) is 20.7. The number of fused-ring (bicyclic) bond motifs is 9. The third-order valence-electron chi connectivity index (χ3n) is 13.0. The van der Waals surface area contributed by atoms with E-state index in [2.05, 4.69) is 204 Å². The molecule has 2 nitrogen and oxygen atoms in total. The highest BCUT2D eigenvalue weighted by Crippen LogP contribution is 2.56. The van der Waals surface area contributed by atoms with Crippen LogP contribution in [-0.4, -0.2) is 0 Å². The van der Waals surface area contributed by atoms with E-state index in [1.54, 1.807) is 0 Å². The Labute approximate surface area is 334 Å². The van der Waals surface area contributed by atoms with E-state index in [9.17, 15) is 0 Å². The molecule has 0 bridgehead atoms. The molecule has 7 aromatic rings. The second kappa shape index (κ2) is 11.7. The lowest BCUT2D eigenvalue weighted by Crippen LogP contribution is -2.18. The highest BCUT2D eigenvalue weighted by Gasteiger charge is 2.41. The molecule has 1 heterocycles. The zero-order valence-electron chi connectivity index (χ0n) is 35.7. The number of rotatable bonds is 3. The van der Waals surface area contributed by atoms with Gasteiger partial charge in [0.1, 0.15) is 11.2 Å². The van der Waals surface area contributed by atoms with Crippen LogP contribution >= 0.6 is 0 Å². The van der Waals surface area contributed by atoms with Crippen LogP contribution in [0.25, 0.3) is 44.2 Å². The summed E-state index contributed by atoms with van der Waals surface area (Å²) in [4.78, 5) is 2.49. The van der Waals surface area contributed by atoms with E-state index in [1.807, 2.05) is 0 Å². The Hall–Kier alpha value is -5.08. The van der Waals surface area contributed by atoms with Crippen molar-refractivity contribution in [3.63, 3.8) is 0 Å². The Bertz CT molecular complexity index is 2620. The van der Waals surface area contributed by atoms with Crippen LogP contribution < -0.4 is 4.90 Å². The van der Waals surface area contributed by atoms with E-state index in [0.717, 1.165) is 39.0 Å². The first kappa shape index (κ1) is 36.6. The van der Waals surface area contributed by atoms with E-state index in [0.29, 0.717) is 0 Å². The molecule has 9 rings (SSSR count). The molecule has 0 unspecified atom stereocenters. The zero-order chi connectivity index (χ0) is 39.9. The number of benzene rings is 6. The van der Waals surface area contributed by atoms with Crippen molar-refractivity contribution in [2.45, 2.75) is 117 Å². The summed E-state index contributed by atoms with van der Waals surface area (Å²) < 4.78 is 6.66. The Morgan fingerprint density at radius 1 is 0.429 bits per heavy atom. The predicted molar refractivity (Wildman–Crippen MR) is 240 cm³/mol. The van der Waals surface area contributed by atoms with Gasteiger partial charge in [-0.2, -0.15) is 0 Å². The molecule has 2 aliphatic carbocycles. The van der Waals surface area contributed by atoms with Crippen molar-refractivity contribution < 1.29 is 4.42 Å². The minimum atomic E-state index is -0.146. The van der Waals surface area contributed by atoms with Gasteiger partial charge < -0.3 is 9.32 Å². The molecule has 0 fully saturated rings. The van der Waals surface area contributed by atoms with Gasteiger partial charge in [-0.25, -0.2) is 0 Å². The minimum absolute atomic E-state index is 0.0328. The maximum absolute atomic E-state index is 6.66. The lowest BCUT2D eigenvalue weighted by molar-refractivity contribution is 0.573. The average molecular weight is 736 g/mol. The van der Waals surface area contributed by atoms with Crippen molar-refractivity contribution in [3.05, 3.63) is 148 Å². The van der Waals surface area contributed by atoms with Gasteiger partial charge in [0.25, 0.3) is 0 Å². The molecule has 0 atom stereocenters. The fourth-order valence-electron chi connectivity index (χ4n) is 10.0. The lowest BCUT2D eigenvalue weighted by atomic mass is 9.79. The van der Waals surface area contributed by atoms with E-state index in [4.69, 9.17) is 4.42 Å². The van der Waals surface area contributed by atoms with Crippen molar-refractivity contribution in [2.75, 3.05) is 4.90 Å². The molecule has 56 heavy (non-hydrogen) atoms. The molecular formula is C54H57NO. The van der Waals surface area contributed by atoms with Gasteiger partial charge in [-0.1, -0.05) is 157 Å². The van der Waals surface area contributed by atoms with Crippen molar-refractivity contribution in [2.24, 2.45) is 0 Å². The highest BCUT2D eigenvalue weighted by atomic mass is 16.3. The number of para-hydroxylation sites is 1. The largest absolute Gasteiger partial charge is 0.456 e. The standard InChI is InChI=1S/C54H57NO/c1-50(2,3)39-18-15-20-41-47(39)36-26-23-33(30-44(36)53(41,10)11)55(32-25-28-46-38(29-32)35-17-14-22-43(49(35)56-46)52(7,8)9)34-24-27-37-45(31-34)54(12,13)42-21-16-19-40(48(37)42)51(4,5)6/h14-31H,1-13H3. The van der Waals surface area contributed by atoms with Gasteiger partial charge >= 0.3 is 0 Å². The molecule has 1 aromatic heterocycles. The third kappa shape index (κ3) is 5.28. The number of hydrogen-bond donors (Lipinski definition) is 0. The summed E-state index contributed by atoms with van der Waals surface area (Å²) in [5, 5.41) is 2.30. The SMILES string of the molecule is CC(C)(C)c1cccc2c1-c1ccc(N(c3ccc4c(c3)C(C)(C)c3cccc(C(C)(C)C)c3-4)c3ccc4oc5c(C(C)(C)C)cccc5c4c3)cc1C2(C)C. The fraction of sp³-hybridized carbons (Fsp3) is 0.333. The fourth-order valence-corrected chi connectivity index (χ4v) is 10.0. The van der Waals surface area contributed by atoms with Crippen molar-refractivity contribution >= 4 is 39.0 Å². The van der Waals surface area contributed by atoms with Crippen LogP contribution in [-0.2, 0) is 27.1 Å². The molecule has 0 saturated carbocycles. The summed E-state index contributed by atoms with van der Waals surface area (Å²) in [6.45, 7) is 30.4. The van der Waals surface area contributed by atoms with Crippen LogP contribution in [0.1, 0.15) is 129 Å². The molecule has 0 amide bonds. The molecule has 0 aliphatic heterocycles. The molecule has 0 radical (unpaired) electrons. The quantitative estimate of drug-likeness (QED) is 0.180. The third-order valence-corrected chi connectivity index (χ3v) is 13.0. The molecular weight excluding hydrogens is 679 g/mol. The van der Waals surface area contributed by atoms with E-state index in [1.165, 1.54) is 61.2 Å². The number of hydrogen-bond acceptors (Lipinski definition) is 2. The van der Waals surface area contributed by atoms with Gasteiger partial charge in [0.05, 0.1) is 0 Å². The van der Waals surface area contributed by atoms with Gasteiger partial charge in [0, 0.05) is 44.2 Å². The zero-order valence-corrected chi connectivity index (χ0v) is 35.7. The van der Waals surface area contributed by atoms with Gasteiger partial charge in [0.2, 0.25) is 0 Å². The van der Waals surface area contributed by atoms with E-state index in [-0.39, 0.29) is 27.1 Å². The van der Waals surface area contributed by atoms with Gasteiger partial charge in [-0.15, -0.1) is 0 Å². The molecule has 0 saturated heterocycles. The van der Waals surface area contributed by atoms with Gasteiger partial charge in [-0.05, 0) is 114 Å². The summed E-state index contributed by atoms with van der Waals surface area (Å²) in [5.74, 6) is 0. The summed E-state index contributed by atoms with van der Waals surface area (Å²) in [6, 6.07) is 41.7. The van der Waals surface area contributed by atoms with E-state index < -0.39 is 0 Å². The molecule has 2 aliphatic rings. The first-order valence-corrected chi connectivity index (χ1v) is 20.5. The van der Waals surface area contributed by atoms with Crippen LogP contribution in [0.5, 0.6) is 0 Å².